The minimum Gasteiger partial charge on any atom is -0.318 e. The Morgan fingerprint density at radius 2 is 1.88 bits per heavy atom. The van der Waals surface area contributed by atoms with E-state index in [0.717, 1.165) is 27.1 Å². The molecule has 1 saturated heterocycles. The van der Waals surface area contributed by atoms with E-state index in [9.17, 15) is 4.79 Å². The van der Waals surface area contributed by atoms with Gasteiger partial charge in [-0.15, -0.1) is 0 Å². The zero-order valence-corrected chi connectivity index (χ0v) is 21.5. The van der Waals surface area contributed by atoms with Gasteiger partial charge in [-0.05, 0) is 103 Å². The molecule has 0 aliphatic carbocycles. The zero-order chi connectivity index (χ0) is 23.0. The minimum absolute atomic E-state index is 0.0276. The molecule has 0 saturated carbocycles. The highest BCUT2D eigenvalue weighted by Crippen LogP contribution is 2.36. The van der Waals surface area contributed by atoms with Crippen LogP contribution in [-0.4, -0.2) is 27.1 Å². The van der Waals surface area contributed by atoms with Crippen LogP contribution >= 0.6 is 39.3 Å². The van der Waals surface area contributed by atoms with Gasteiger partial charge < -0.3 is 4.57 Å². The molecular weight excluding hydrogens is 506 g/mol. The lowest BCUT2D eigenvalue weighted by molar-refractivity contribution is -0.122. The number of aliphatic imine (C=N–C) groups is 1. The van der Waals surface area contributed by atoms with Gasteiger partial charge in [0.1, 0.15) is 0 Å². The predicted octanol–water partition coefficient (Wildman–Crippen LogP) is 7.44. The van der Waals surface area contributed by atoms with Crippen LogP contribution in [0.3, 0.4) is 0 Å². The van der Waals surface area contributed by atoms with E-state index in [1.54, 1.807) is 11.0 Å². The summed E-state index contributed by atoms with van der Waals surface area (Å²) in [5, 5.41) is 1.25. The topological polar surface area (TPSA) is 37.6 Å². The first kappa shape index (κ1) is 22.9. The van der Waals surface area contributed by atoms with Crippen molar-refractivity contribution in [2.75, 3.05) is 6.54 Å². The van der Waals surface area contributed by atoms with E-state index in [1.807, 2.05) is 37.3 Å². The molecule has 1 aromatic heterocycles. The van der Waals surface area contributed by atoms with Crippen LogP contribution in [-0.2, 0) is 4.79 Å². The lowest BCUT2D eigenvalue weighted by Crippen LogP contribution is -2.28. The van der Waals surface area contributed by atoms with E-state index in [4.69, 9.17) is 16.6 Å². The molecule has 7 heteroatoms. The van der Waals surface area contributed by atoms with Crippen molar-refractivity contribution >= 4 is 62.1 Å². The second kappa shape index (κ2) is 9.30. The number of nitrogens with zero attached hydrogens (tertiary/aromatic N) is 3. The second-order valence-electron chi connectivity index (χ2n) is 7.60. The third kappa shape index (κ3) is 4.32. The maximum absolute atomic E-state index is 13.1. The summed E-state index contributed by atoms with van der Waals surface area (Å²) < 4.78 is 3.05. The summed E-state index contributed by atoms with van der Waals surface area (Å²) in [6.45, 7) is 8.79. The summed E-state index contributed by atoms with van der Waals surface area (Å²) in [6, 6.07) is 16.0. The number of hydrogen-bond donors (Lipinski definition) is 0. The number of amides is 1. The largest absolute Gasteiger partial charge is 0.318 e. The van der Waals surface area contributed by atoms with Crippen molar-refractivity contribution in [3.63, 3.8) is 0 Å². The average molecular weight is 529 g/mol. The number of para-hydroxylation sites is 1. The van der Waals surface area contributed by atoms with Crippen LogP contribution in [0.4, 0.5) is 5.69 Å². The number of carbonyl (C=O) groups excluding carboxylic acids is 1. The van der Waals surface area contributed by atoms with Crippen molar-refractivity contribution in [3.8, 4) is 5.69 Å². The third-order valence-electron chi connectivity index (χ3n) is 5.45. The Hall–Kier alpha value is -2.28. The molecule has 1 aliphatic heterocycles. The SMILES string of the molecule is CCN1C(=O)/C(=C/c2cc(C)n(-c3ccccc3C)c2C)SC1=Nc1ccc(Br)c(Cl)c1. The molecule has 32 heavy (non-hydrogen) atoms. The number of benzene rings is 2. The van der Waals surface area contributed by atoms with Crippen molar-refractivity contribution in [1.29, 1.82) is 0 Å². The van der Waals surface area contributed by atoms with Crippen LogP contribution in [0.15, 0.2) is 62.9 Å². The van der Waals surface area contributed by atoms with Crippen LogP contribution in [0.5, 0.6) is 0 Å². The lowest BCUT2D eigenvalue weighted by Gasteiger charge is -2.12. The Kier molecular flexibility index (Phi) is 6.65. The molecule has 1 fully saturated rings. The van der Waals surface area contributed by atoms with E-state index in [2.05, 4.69) is 59.5 Å². The van der Waals surface area contributed by atoms with E-state index in [-0.39, 0.29) is 5.91 Å². The number of hydrogen-bond acceptors (Lipinski definition) is 3. The standard InChI is InChI=1S/C25H23BrClN3OS/c1-5-29-24(31)23(32-25(29)28-19-10-11-20(26)21(27)14-19)13-18-12-16(3)30(17(18)4)22-9-7-6-8-15(22)2/h6-14H,5H2,1-4H3/b23-13-,28-25?. The molecule has 4 rings (SSSR count). The maximum atomic E-state index is 13.1. The van der Waals surface area contributed by atoms with Crippen molar-refractivity contribution in [2.24, 2.45) is 4.99 Å². The molecule has 0 N–H and O–H groups in total. The fraction of sp³-hybridized carbons (Fsp3) is 0.200. The monoisotopic (exact) mass is 527 g/mol. The molecule has 164 valence electrons. The van der Waals surface area contributed by atoms with E-state index in [1.165, 1.54) is 17.3 Å². The minimum atomic E-state index is -0.0276. The van der Waals surface area contributed by atoms with E-state index < -0.39 is 0 Å². The lowest BCUT2D eigenvalue weighted by atomic mass is 10.2. The molecular formula is C25H23BrClN3OS. The Morgan fingerprint density at radius 1 is 1.12 bits per heavy atom. The Morgan fingerprint density at radius 3 is 2.56 bits per heavy atom. The summed E-state index contributed by atoms with van der Waals surface area (Å²) >= 11 is 11.0. The highest BCUT2D eigenvalue weighted by molar-refractivity contribution is 9.10. The summed E-state index contributed by atoms with van der Waals surface area (Å²) in [6.07, 6.45) is 1.98. The highest BCUT2D eigenvalue weighted by atomic mass is 79.9. The van der Waals surface area contributed by atoms with Crippen molar-refractivity contribution in [2.45, 2.75) is 27.7 Å². The van der Waals surface area contributed by atoms with Crippen molar-refractivity contribution in [3.05, 3.63) is 85.4 Å². The highest BCUT2D eigenvalue weighted by Gasteiger charge is 2.32. The number of aryl methyl sites for hydroxylation is 2. The van der Waals surface area contributed by atoms with Gasteiger partial charge in [-0.25, -0.2) is 4.99 Å². The van der Waals surface area contributed by atoms with Crippen LogP contribution in [0.2, 0.25) is 5.02 Å². The number of aromatic nitrogens is 1. The summed E-state index contributed by atoms with van der Waals surface area (Å²) in [5.41, 5.74) is 6.34. The quantitative estimate of drug-likeness (QED) is 0.330. The van der Waals surface area contributed by atoms with Gasteiger partial charge in [0.25, 0.3) is 5.91 Å². The summed E-state index contributed by atoms with van der Waals surface area (Å²) in [4.78, 5) is 20.2. The van der Waals surface area contributed by atoms with Crippen molar-refractivity contribution in [1.82, 2.24) is 9.47 Å². The molecule has 2 heterocycles. The van der Waals surface area contributed by atoms with E-state index >= 15 is 0 Å². The molecule has 0 spiro atoms. The molecule has 0 radical (unpaired) electrons. The summed E-state index contributed by atoms with van der Waals surface area (Å²) in [5.74, 6) is -0.0276. The smallest absolute Gasteiger partial charge is 0.266 e. The maximum Gasteiger partial charge on any atom is 0.266 e. The third-order valence-corrected chi connectivity index (χ3v) is 7.68. The summed E-state index contributed by atoms with van der Waals surface area (Å²) in [7, 11) is 0. The fourth-order valence-electron chi connectivity index (χ4n) is 3.80. The van der Waals surface area contributed by atoms with Crippen LogP contribution in [0.25, 0.3) is 11.8 Å². The first-order valence-corrected chi connectivity index (χ1v) is 12.3. The van der Waals surface area contributed by atoms with Gasteiger partial charge in [0.05, 0.1) is 15.6 Å². The molecule has 2 aromatic carbocycles. The molecule has 1 aliphatic rings. The van der Waals surface area contributed by atoms with Gasteiger partial charge in [0, 0.05) is 28.1 Å². The van der Waals surface area contributed by atoms with Gasteiger partial charge in [-0.3, -0.25) is 9.69 Å². The predicted molar refractivity (Wildman–Crippen MR) is 139 cm³/mol. The van der Waals surface area contributed by atoms with Gasteiger partial charge in [-0.2, -0.15) is 0 Å². The number of halogens is 2. The van der Waals surface area contributed by atoms with Crippen molar-refractivity contribution < 1.29 is 4.79 Å². The fourth-order valence-corrected chi connectivity index (χ4v) is 5.27. The molecule has 3 aromatic rings. The molecule has 0 atom stereocenters. The molecule has 0 bridgehead atoms. The van der Waals surface area contributed by atoms with Gasteiger partial charge in [0.2, 0.25) is 0 Å². The van der Waals surface area contributed by atoms with Gasteiger partial charge in [-0.1, -0.05) is 29.8 Å². The normalized spacial score (nSPS) is 16.6. The number of thioether (sulfide) groups is 1. The number of rotatable bonds is 4. The van der Waals surface area contributed by atoms with Gasteiger partial charge >= 0.3 is 0 Å². The van der Waals surface area contributed by atoms with Gasteiger partial charge in [0.15, 0.2) is 5.17 Å². The average Bonchev–Trinajstić information content (AvgIpc) is 3.20. The first-order chi connectivity index (χ1) is 15.3. The second-order valence-corrected chi connectivity index (χ2v) is 9.87. The Balaban J connectivity index is 1.71. The Bertz CT molecular complexity index is 1280. The number of amidine groups is 1. The van der Waals surface area contributed by atoms with E-state index in [0.29, 0.717) is 27.3 Å². The number of likely N-dealkylation sites (N-methyl/N-ethyl adjacent to an activating group) is 1. The zero-order valence-electron chi connectivity index (χ0n) is 18.3. The molecule has 0 unspecified atom stereocenters. The number of carbonyl (C=O) groups is 1. The van der Waals surface area contributed by atoms with Crippen LogP contribution in [0.1, 0.15) is 29.4 Å². The molecule has 4 nitrogen and oxygen atoms in total. The van der Waals surface area contributed by atoms with Crippen LogP contribution in [0, 0.1) is 20.8 Å². The molecule has 1 amide bonds. The Labute approximate surface area is 206 Å². The van der Waals surface area contributed by atoms with Crippen LogP contribution < -0.4 is 0 Å². The first-order valence-electron chi connectivity index (χ1n) is 10.3.